The van der Waals surface area contributed by atoms with Crippen LogP contribution in [0.3, 0.4) is 0 Å². The predicted octanol–water partition coefficient (Wildman–Crippen LogP) is 1.47. The molecule has 0 aliphatic carbocycles. The molecule has 0 heterocycles. The van der Waals surface area contributed by atoms with Gasteiger partial charge in [0, 0.05) is 0 Å². The summed E-state index contributed by atoms with van der Waals surface area (Å²) in [5.74, 6) is 0.418. The Morgan fingerprint density at radius 1 is 1.05 bits per heavy atom. The van der Waals surface area contributed by atoms with Gasteiger partial charge in [0.1, 0.15) is 5.75 Å². The fraction of sp³-hybridized carbons (Fsp3) is 0.188. The maximum absolute atomic E-state index is 11.8. The molecule has 3 nitrogen and oxygen atoms in total. The van der Waals surface area contributed by atoms with Gasteiger partial charge in [-0.3, -0.25) is 0 Å². The van der Waals surface area contributed by atoms with E-state index < -0.39 is 0 Å². The molecule has 1 atom stereocenters. The number of rotatable bonds is 4. The first-order chi connectivity index (χ1) is 9.58. The molecule has 106 valence electrons. The van der Waals surface area contributed by atoms with Crippen molar-refractivity contribution in [2.75, 3.05) is 0 Å². The van der Waals surface area contributed by atoms with E-state index in [1.165, 1.54) is 5.56 Å². The largest absolute Gasteiger partial charge is 1.00 e. The summed E-state index contributed by atoms with van der Waals surface area (Å²) in [6.45, 7) is 6.01. The zero-order chi connectivity index (χ0) is 14.5. The van der Waals surface area contributed by atoms with Crippen LogP contribution in [0, 0.1) is 20.8 Å². The summed E-state index contributed by atoms with van der Waals surface area (Å²) in [6, 6.07) is 13.0. The molecule has 0 saturated heterocycles. The Hall–Kier alpha value is -1.26. The first-order valence-electron chi connectivity index (χ1n) is 6.34. The molecule has 2 aromatic carbocycles. The summed E-state index contributed by atoms with van der Waals surface area (Å²) in [6.07, 6.45) is 0. The molecule has 0 N–H and O–H groups in total. The molecule has 0 spiro atoms. The van der Waals surface area contributed by atoms with E-state index in [1.807, 2.05) is 39.0 Å². The van der Waals surface area contributed by atoms with Crippen molar-refractivity contribution in [2.45, 2.75) is 20.8 Å². The minimum atomic E-state index is -0.369. The van der Waals surface area contributed by atoms with E-state index in [2.05, 4.69) is 0 Å². The number of carbonyl (C=O) groups is 1. The van der Waals surface area contributed by atoms with Crippen LogP contribution in [0.25, 0.3) is 0 Å². The molecule has 0 aliphatic heterocycles. The van der Waals surface area contributed by atoms with Crippen molar-refractivity contribution in [1.29, 1.82) is 0 Å². The molecule has 0 bridgehead atoms. The number of aryl methyl sites for hydroxylation is 3. The van der Waals surface area contributed by atoms with Gasteiger partial charge in [-0.2, -0.15) is 0 Å². The first kappa shape index (κ1) is 17.8. The molecule has 0 aromatic heterocycles. The third-order valence-electron chi connectivity index (χ3n) is 2.89. The third-order valence-corrected chi connectivity index (χ3v) is 3.45. The van der Waals surface area contributed by atoms with Crippen LogP contribution in [0.2, 0.25) is 0 Å². The van der Waals surface area contributed by atoms with Gasteiger partial charge in [0.2, 0.25) is 0 Å². The molecule has 2 aromatic rings. The van der Waals surface area contributed by atoms with E-state index in [4.69, 9.17) is 9.05 Å². The molecule has 0 radical (unpaired) electrons. The van der Waals surface area contributed by atoms with Crippen LogP contribution < -0.4 is 23.4 Å². The molecule has 0 fully saturated rings. The molecule has 5 heteroatoms. The number of carbonyl (C=O) groups excluding carboxylic acids is 1. The summed E-state index contributed by atoms with van der Waals surface area (Å²) < 4.78 is 10.7. The Morgan fingerprint density at radius 3 is 2.19 bits per heavy atom. The van der Waals surface area contributed by atoms with Crippen molar-refractivity contribution in [1.82, 2.24) is 0 Å². The van der Waals surface area contributed by atoms with Crippen molar-refractivity contribution >= 4 is 15.0 Å². The molecule has 0 amide bonds. The summed E-state index contributed by atoms with van der Waals surface area (Å²) in [5.41, 5.74) is 3.81. The topological polar surface area (TPSA) is 35.5 Å². The van der Waals surface area contributed by atoms with Crippen LogP contribution in [-0.2, 0) is 4.52 Å². The predicted molar refractivity (Wildman–Crippen MR) is 82.6 cm³/mol. The summed E-state index contributed by atoms with van der Waals surface area (Å²) in [7, 11) is -0.344. The quantitative estimate of drug-likeness (QED) is 0.633. The van der Waals surface area contributed by atoms with Crippen molar-refractivity contribution in [3.05, 3.63) is 64.7 Å². The van der Waals surface area contributed by atoms with Crippen molar-refractivity contribution < 1.29 is 34.1 Å². The zero-order valence-electron chi connectivity index (χ0n) is 13.8. The summed E-state index contributed by atoms with van der Waals surface area (Å²) in [5, 5.41) is 0. The molecular formula is C16H18LiO3P. The minimum Gasteiger partial charge on any atom is -1.00 e. The molecule has 0 saturated carbocycles. The summed E-state index contributed by atoms with van der Waals surface area (Å²) >= 11 is 0. The van der Waals surface area contributed by atoms with Crippen LogP contribution in [0.1, 0.15) is 28.5 Å². The van der Waals surface area contributed by atoms with Gasteiger partial charge in [-0.05, 0) is 44.0 Å². The normalized spacial score (nSPS) is 10.2. The van der Waals surface area contributed by atoms with E-state index in [0.29, 0.717) is 5.56 Å². The molecular weight excluding hydrogens is 278 g/mol. The zero-order valence-corrected chi connectivity index (χ0v) is 13.8. The second kappa shape index (κ2) is 8.25. The fourth-order valence-corrected chi connectivity index (χ4v) is 2.70. The van der Waals surface area contributed by atoms with Crippen LogP contribution in [-0.4, -0.2) is 5.97 Å². The van der Waals surface area contributed by atoms with Gasteiger partial charge in [0.15, 0.2) is 0 Å². The van der Waals surface area contributed by atoms with Gasteiger partial charge in [0.05, 0.1) is 5.56 Å². The third kappa shape index (κ3) is 4.90. The van der Waals surface area contributed by atoms with Gasteiger partial charge >= 0.3 is 24.8 Å². The second-order valence-electron chi connectivity index (χ2n) is 4.67. The van der Waals surface area contributed by atoms with Crippen LogP contribution in [0.15, 0.2) is 42.5 Å². The molecule has 1 unspecified atom stereocenters. The number of hydrogen-bond donors (Lipinski definition) is 0. The van der Waals surface area contributed by atoms with Gasteiger partial charge in [-0.15, -0.1) is 0 Å². The van der Waals surface area contributed by atoms with E-state index in [9.17, 15) is 4.79 Å². The maximum Gasteiger partial charge on any atom is 1.00 e. The van der Waals surface area contributed by atoms with Gasteiger partial charge in [-0.1, -0.05) is 35.9 Å². The van der Waals surface area contributed by atoms with E-state index >= 15 is 0 Å². The smallest absolute Gasteiger partial charge is 1.00 e. The van der Waals surface area contributed by atoms with Crippen molar-refractivity contribution in [2.24, 2.45) is 0 Å². The first-order valence-corrected chi connectivity index (χ1v) is 7.15. The van der Waals surface area contributed by atoms with Gasteiger partial charge < -0.3 is 10.5 Å². The average Bonchev–Trinajstić information content (AvgIpc) is 2.42. The van der Waals surface area contributed by atoms with Crippen LogP contribution in [0.5, 0.6) is 5.75 Å². The Kier molecular flexibility index (Phi) is 6.98. The number of benzene rings is 2. The van der Waals surface area contributed by atoms with Crippen LogP contribution in [0.4, 0.5) is 0 Å². The van der Waals surface area contributed by atoms with Crippen molar-refractivity contribution in [3.8, 4) is 5.75 Å². The average molecular weight is 296 g/mol. The fourth-order valence-electron chi connectivity index (χ4n) is 2.06. The number of hydrogen-bond acceptors (Lipinski definition) is 3. The van der Waals surface area contributed by atoms with Crippen molar-refractivity contribution in [3.63, 3.8) is 0 Å². The monoisotopic (exact) mass is 296 g/mol. The Balaban J connectivity index is 0.00000220. The Morgan fingerprint density at radius 2 is 1.62 bits per heavy atom. The van der Waals surface area contributed by atoms with E-state index in [0.717, 1.165) is 16.9 Å². The molecule has 21 heavy (non-hydrogen) atoms. The Bertz CT molecular complexity index is 597. The Labute approximate surface area is 140 Å². The minimum absolute atomic E-state index is 0. The second-order valence-corrected chi connectivity index (χ2v) is 5.24. The SMILES string of the molecule is Cc1cc(C)c(OPOC(=O)c2ccccc2)c(C)c1.[H-].[Li+]. The van der Waals surface area contributed by atoms with Gasteiger partial charge in [0.25, 0.3) is 9.03 Å². The van der Waals surface area contributed by atoms with Crippen LogP contribution >= 0.6 is 9.03 Å². The maximum atomic E-state index is 11.8. The summed E-state index contributed by atoms with van der Waals surface area (Å²) in [4.78, 5) is 11.8. The van der Waals surface area contributed by atoms with E-state index in [1.54, 1.807) is 24.3 Å². The van der Waals surface area contributed by atoms with Gasteiger partial charge in [-0.25, -0.2) is 4.79 Å². The standard InChI is InChI=1S/C16H17O3P.Li.H/c1-11-9-12(2)15(13(3)10-11)18-20-19-16(17)14-7-5-4-6-8-14;;/h4-10,20H,1-3H3;;/q;+1;-1. The van der Waals surface area contributed by atoms with E-state index in [-0.39, 0.29) is 35.3 Å². The molecule has 2 rings (SSSR count). The molecule has 0 aliphatic rings.